The maximum absolute atomic E-state index is 10.6. The minimum atomic E-state index is -1.19. The predicted octanol–water partition coefficient (Wildman–Crippen LogP) is 0.232. The fourth-order valence-electron chi connectivity index (χ4n) is 1.93. The van der Waals surface area contributed by atoms with Gasteiger partial charge in [0.1, 0.15) is 0 Å². The molecule has 0 unspecified atom stereocenters. The summed E-state index contributed by atoms with van der Waals surface area (Å²) >= 11 is 0. The number of carbonyl (C=O) groups excluding carboxylic acids is 1. The van der Waals surface area contributed by atoms with Crippen LogP contribution in [0.25, 0.3) is 0 Å². The van der Waals surface area contributed by atoms with Crippen LogP contribution in [0.5, 0.6) is 0 Å². The second-order valence-electron chi connectivity index (χ2n) is 3.76. The zero-order valence-electron chi connectivity index (χ0n) is 8.40. The van der Waals surface area contributed by atoms with Crippen molar-refractivity contribution in [2.75, 3.05) is 23.7 Å². The highest BCUT2D eigenvalue weighted by Gasteiger charge is 2.14. The minimum Gasteiger partial charge on any atom is -0.545 e. The number of rotatable bonds is 2. The average Bonchev–Trinajstić information content (AvgIpc) is 2.70. The third-order valence-electron chi connectivity index (χ3n) is 2.71. The Morgan fingerprint density at radius 2 is 2.00 bits per heavy atom. The molecule has 1 aromatic carbocycles. The average molecular weight is 205 g/mol. The molecule has 0 atom stereocenters. The SMILES string of the molecule is Nc1cc(C(=O)[O-])ccc1N1CCCC1. The summed E-state index contributed by atoms with van der Waals surface area (Å²) in [6, 6.07) is 4.76. The second kappa shape index (κ2) is 3.81. The highest BCUT2D eigenvalue weighted by atomic mass is 16.4. The van der Waals surface area contributed by atoms with Crippen molar-refractivity contribution in [1.29, 1.82) is 0 Å². The summed E-state index contributed by atoms with van der Waals surface area (Å²) in [6.45, 7) is 1.99. The van der Waals surface area contributed by atoms with Crippen molar-refractivity contribution < 1.29 is 9.90 Å². The summed E-state index contributed by atoms with van der Waals surface area (Å²) in [6.07, 6.45) is 2.34. The molecule has 0 radical (unpaired) electrons. The number of hydrogen-bond acceptors (Lipinski definition) is 4. The summed E-state index contributed by atoms with van der Waals surface area (Å²) in [5, 5.41) is 10.6. The van der Waals surface area contributed by atoms with Gasteiger partial charge in [-0.25, -0.2) is 0 Å². The van der Waals surface area contributed by atoms with Crippen LogP contribution in [-0.4, -0.2) is 19.1 Å². The van der Waals surface area contributed by atoms with Crippen molar-refractivity contribution in [3.8, 4) is 0 Å². The molecule has 1 aliphatic heterocycles. The number of aromatic carboxylic acids is 1. The number of anilines is 2. The van der Waals surface area contributed by atoms with Crippen molar-refractivity contribution in [2.45, 2.75) is 12.8 Å². The second-order valence-corrected chi connectivity index (χ2v) is 3.76. The standard InChI is InChI=1S/C11H14N2O2/c12-9-7-8(11(14)15)3-4-10(9)13-5-1-2-6-13/h3-4,7H,1-2,5-6,12H2,(H,14,15)/p-1. The number of hydrogen-bond donors (Lipinski definition) is 1. The molecule has 2 N–H and O–H groups in total. The number of benzene rings is 1. The molecule has 0 spiro atoms. The highest BCUT2D eigenvalue weighted by Crippen LogP contribution is 2.27. The van der Waals surface area contributed by atoms with Gasteiger partial charge in [0.15, 0.2) is 0 Å². The van der Waals surface area contributed by atoms with Crippen LogP contribution >= 0.6 is 0 Å². The first-order chi connectivity index (χ1) is 7.18. The third-order valence-corrected chi connectivity index (χ3v) is 2.71. The number of carbonyl (C=O) groups is 1. The van der Waals surface area contributed by atoms with E-state index in [0.29, 0.717) is 5.69 Å². The van der Waals surface area contributed by atoms with Gasteiger partial charge in [-0.3, -0.25) is 0 Å². The molecule has 0 saturated carbocycles. The van der Waals surface area contributed by atoms with E-state index in [4.69, 9.17) is 5.73 Å². The summed E-state index contributed by atoms with van der Waals surface area (Å²) in [7, 11) is 0. The lowest BCUT2D eigenvalue weighted by Crippen LogP contribution is -2.23. The van der Waals surface area contributed by atoms with Gasteiger partial charge in [-0.05, 0) is 30.5 Å². The molecule has 0 aliphatic carbocycles. The van der Waals surface area contributed by atoms with Gasteiger partial charge in [0.05, 0.1) is 17.3 Å². The van der Waals surface area contributed by atoms with Crippen LogP contribution < -0.4 is 15.7 Å². The first-order valence-corrected chi connectivity index (χ1v) is 5.04. The molecule has 4 nitrogen and oxygen atoms in total. The van der Waals surface area contributed by atoms with Crippen molar-refractivity contribution >= 4 is 17.3 Å². The van der Waals surface area contributed by atoms with Gasteiger partial charge in [-0.1, -0.05) is 6.07 Å². The maximum Gasteiger partial charge on any atom is 0.0716 e. The van der Waals surface area contributed by atoms with Crippen LogP contribution in [0.1, 0.15) is 23.2 Å². The number of nitrogens with two attached hydrogens (primary N) is 1. The lowest BCUT2D eigenvalue weighted by atomic mass is 10.1. The monoisotopic (exact) mass is 205 g/mol. The Labute approximate surface area is 88.3 Å². The first kappa shape index (κ1) is 9.83. The Morgan fingerprint density at radius 3 is 2.53 bits per heavy atom. The van der Waals surface area contributed by atoms with Crippen LogP contribution in [0.4, 0.5) is 11.4 Å². The summed E-state index contributed by atoms with van der Waals surface area (Å²) in [5.41, 5.74) is 7.38. The van der Waals surface area contributed by atoms with Crippen molar-refractivity contribution in [3.05, 3.63) is 23.8 Å². The summed E-state index contributed by atoms with van der Waals surface area (Å²) < 4.78 is 0. The van der Waals surface area contributed by atoms with Gasteiger partial charge < -0.3 is 20.5 Å². The van der Waals surface area contributed by atoms with Gasteiger partial charge in [-0.2, -0.15) is 0 Å². The Morgan fingerprint density at radius 1 is 1.33 bits per heavy atom. The maximum atomic E-state index is 10.6. The fourth-order valence-corrected chi connectivity index (χ4v) is 1.93. The molecule has 80 valence electrons. The molecule has 0 amide bonds. The minimum absolute atomic E-state index is 0.135. The van der Waals surface area contributed by atoms with Gasteiger partial charge in [0, 0.05) is 13.1 Å². The smallest absolute Gasteiger partial charge is 0.0716 e. The lowest BCUT2D eigenvalue weighted by molar-refractivity contribution is -0.255. The molecule has 1 saturated heterocycles. The van der Waals surface area contributed by atoms with Gasteiger partial charge in [0.25, 0.3) is 0 Å². The van der Waals surface area contributed by atoms with Crippen molar-refractivity contribution in [3.63, 3.8) is 0 Å². The third kappa shape index (κ3) is 1.88. The van der Waals surface area contributed by atoms with E-state index in [9.17, 15) is 9.90 Å². The first-order valence-electron chi connectivity index (χ1n) is 5.04. The van der Waals surface area contributed by atoms with Crippen LogP contribution in [-0.2, 0) is 0 Å². The van der Waals surface area contributed by atoms with E-state index in [1.54, 1.807) is 12.1 Å². The summed E-state index contributed by atoms with van der Waals surface area (Å²) in [4.78, 5) is 12.8. The Bertz CT molecular complexity index is 384. The molecule has 15 heavy (non-hydrogen) atoms. The Kier molecular flexibility index (Phi) is 2.49. The fraction of sp³-hybridized carbons (Fsp3) is 0.364. The molecule has 2 rings (SSSR count). The molecule has 4 heteroatoms. The van der Waals surface area contributed by atoms with E-state index in [-0.39, 0.29) is 5.56 Å². The number of carboxylic acids is 1. The molecule has 1 fully saturated rings. The van der Waals surface area contributed by atoms with Crippen LogP contribution in [0.15, 0.2) is 18.2 Å². The molecule has 0 aromatic heterocycles. The van der Waals surface area contributed by atoms with Gasteiger partial charge in [-0.15, -0.1) is 0 Å². The van der Waals surface area contributed by atoms with Crippen LogP contribution in [0, 0.1) is 0 Å². The molecular weight excluding hydrogens is 192 g/mol. The topological polar surface area (TPSA) is 69.4 Å². The van der Waals surface area contributed by atoms with Gasteiger partial charge >= 0.3 is 0 Å². The molecule has 1 aromatic rings. The molecule has 1 aliphatic rings. The van der Waals surface area contributed by atoms with E-state index in [0.717, 1.165) is 18.8 Å². The zero-order valence-corrected chi connectivity index (χ0v) is 8.40. The number of carboxylic acid groups (broad SMARTS) is 1. The van der Waals surface area contributed by atoms with Crippen LogP contribution in [0.2, 0.25) is 0 Å². The van der Waals surface area contributed by atoms with Gasteiger partial charge in [0.2, 0.25) is 0 Å². The van der Waals surface area contributed by atoms with E-state index in [2.05, 4.69) is 4.90 Å². The largest absolute Gasteiger partial charge is 0.545 e. The Hall–Kier alpha value is -1.71. The normalized spacial score (nSPS) is 15.6. The summed E-state index contributed by atoms with van der Waals surface area (Å²) in [5.74, 6) is -1.19. The van der Waals surface area contributed by atoms with E-state index < -0.39 is 5.97 Å². The van der Waals surface area contributed by atoms with Crippen molar-refractivity contribution in [2.24, 2.45) is 0 Å². The van der Waals surface area contributed by atoms with Crippen molar-refractivity contribution in [1.82, 2.24) is 0 Å². The van der Waals surface area contributed by atoms with E-state index >= 15 is 0 Å². The van der Waals surface area contributed by atoms with Crippen LogP contribution in [0.3, 0.4) is 0 Å². The predicted molar refractivity (Wildman–Crippen MR) is 56.6 cm³/mol. The quantitative estimate of drug-likeness (QED) is 0.702. The van der Waals surface area contributed by atoms with E-state index in [1.807, 2.05) is 0 Å². The Balaban J connectivity index is 2.29. The number of nitrogen functional groups attached to an aromatic ring is 1. The molecule has 1 heterocycles. The lowest BCUT2D eigenvalue weighted by Gasteiger charge is -2.20. The molecular formula is C11H13N2O2-. The highest BCUT2D eigenvalue weighted by molar-refractivity contribution is 5.89. The number of nitrogens with zero attached hydrogens (tertiary/aromatic N) is 1. The molecule has 0 bridgehead atoms. The van der Waals surface area contributed by atoms with E-state index in [1.165, 1.54) is 18.9 Å². The zero-order chi connectivity index (χ0) is 10.8.